The molecule has 0 aliphatic heterocycles. The number of hydrogen-bond donors (Lipinski definition) is 2. The number of hydrogen-bond acceptors (Lipinski definition) is 3. The van der Waals surface area contributed by atoms with Crippen LogP contribution in [-0.2, 0) is 6.18 Å². The lowest BCUT2D eigenvalue weighted by Gasteiger charge is -2.10. The quantitative estimate of drug-likeness (QED) is 0.887. The molecule has 0 aliphatic rings. The molecule has 2 rings (SSSR count). The molecule has 0 amide bonds. The number of alkyl halides is 3. The summed E-state index contributed by atoms with van der Waals surface area (Å²) in [6.07, 6.45) is -3.43. The van der Waals surface area contributed by atoms with Crippen molar-refractivity contribution in [3.8, 4) is 11.1 Å². The van der Waals surface area contributed by atoms with Crippen molar-refractivity contribution in [1.29, 1.82) is 0 Å². The molecule has 0 fully saturated rings. The van der Waals surface area contributed by atoms with Gasteiger partial charge < -0.3 is 10.8 Å². The number of carboxylic acid groups (broad SMARTS) is 1. The van der Waals surface area contributed by atoms with E-state index in [9.17, 15) is 18.0 Å². The maximum atomic E-state index is 12.7. The molecule has 1 heterocycles. The lowest BCUT2D eigenvalue weighted by Crippen LogP contribution is -2.05. The number of carbonyl (C=O) groups is 1. The van der Waals surface area contributed by atoms with Crippen LogP contribution in [0.4, 0.5) is 19.0 Å². The van der Waals surface area contributed by atoms with Crippen molar-refractivity contribution < 1.29 is 23.1 Å². The molecule has 1 aromatic heterocycles. The van der Waals surface area contributed by atoms with Crippen LogP contribution >= 0.6 is 0 Å². The second-order valence-electron chi connectivity index (χ2n) is 4.04. The highest BCUT2D eigenvalue weighted by Gasteiger charge is 2.30. The molecule has 7 heteroatoms. The average molecular weight is 282 g/mol. The molecule has 2 aromatic rings. The second-order valence-corrected chi connectivity index (χ2v) is 4.04. The van der Waals surface area contributed by atoms with E-state index in [0.717, 1.165) is 18.3 Å². The number of pyridine rings is 1. The SMILES string of the molecule is Nc1ncc(C(=O)O)cc1-c1cccc(C(F)(F)F)c1. The molecule has 20 heavy (non-hydrogen) atoms. The molecule has 3 N–H and O–H groups in total. The van der Waals surface area contributed by atoms with E-state index >= 15 is 0 Å². The van der Waals surface area contributed by atoms with Crippen molar-refractivity contribution in [1.82, 2.24) is 4.98 Å². The molecule has 4 nitrogen and oxygen atoms in total. The van der Waals surface area contributed by atoms with Gasteiger partial charge in [-0.1, -0.05) is 12.1 Å². The van der Waals surface area contributed by atoms with Crippen molar-refractivity contribution in [3.05, 3.63) is 47.7 Å². The number of halogens is 3. The first kappa shape index (κ1) is 13.9. The number of nitrogens with zero attached hydrogens (tertiary/aromatic N) is 1. The average Bonchev–Trinajstić information content (AvgIpc) is 2.38. The van der Waals surface area contributed by atoms with Gasteiger partial charge in [-0.25, -0.2) is 9.78 Å². The van der Waals surface area contributed by atoms with Crippen LogP contribution in [-0.4, -0.2) is 16.1 Å². The maximum absolute atomic E-state index is 12.7. The third kappa shape index (κ3) is 2.71. The van der Waals surface area contributed by atoms with Crippen molar-refractivity contribution in [2.45, 2.75) is 6.18 Å². The zero-order valence-electron chi connectivity index (χ0n) is 9.98. The van der Waals surface area contributed by atoms with E-state index in [0.29, 0.717) is 0 Å². The summed E-state index contributed by atoms with van der Waals surface area (Å²) in [5, 5.41) is 8.87. The molecule has 104 valence electrons. The first-order chi connectivity index (χ1) is 9.29. The molecule has 0 saturated heterocycles. The smallest absolute Gasteiger partial charge is 0.416 e. The largest absolute Gasteiger partial charge is 0.478 e. The van der Waals surface area contributed by atoms with Gasteiger partial charge in [-0.2, -0.15) is 13.2 Å². The Morgan fingerprint density at radius 1 is 1.25 bits per heavy atom. The molecular weight excluding hydrogens is 273 g/mol. The van der Waals surface area contributed by atoms with Crippen LogP contribution in [0.15, 0.2) is 36.5 Å². The van der Waals surface area contributed by atoms with Gasteiger partial charge in [-0.05, 0) is 23.8 Å². The monoisotopic (exact) mass is 282 g/mol. The fraction of sp³-hybridized carbons (Fsp3) is 0.0769. The van der Waals surface area contributed by atoms with E-state index in [1.807, 2.05) is 0 Å². The van der Waals surface area contributed by atoms with Gasteiger partial charge in [0, 0.05) is 11.8 Å². The summed E-state index contributed by atoms with van der Waals surface area (Å²) >= 11 is 0. The van der Waals surface area contributed by atoms with Gasteiger partial charge in [0.15, 0.2) is 0 Å². The minimum atomic E-state index is -4.48. The fourth-order valence-electron chi connectivity index (χ4n) is 1.69. The Kier molecular flexibility index (Phi) is 3.35. The maximum Gasteiger partial charge on any atom is 0.416 e. The predicted molar refractivity (Wildman–Crippen MR) is 66.0 cm³/mol. The fourth-order valence-corrected chi connectivity index (χ4v) is 1.69. The normalized spacial score (nSPS) is 11.3. The molecule has 0 spiro atoms. The van der Waals surface area contributed by atoms with Crippen LogP contribution in [0.25, 0.3) is 11.1 Å². The van der Waals surface area contributed by atoms with Crippen LogP contribution in [0.3, 0.4) is 0 Å². The van der Waals surface area contributed by atoms with Crippen LogP contribution < -0.4 is 5.73 Å². The Labute approximate surface area is 111 Å². The summed E-state index contributed by atoms with van der Waals surface area (Å²) in [5.41, 5.74) is 4.92. The summed E-state index contributed by atoms with van der Waals surface area (Å²) in [4.78, 5) is 14.5. The lowest BCUT2D eigenvalue weighted by molar-refractivity contribution is -0.137. The number of benzene rings is 1. The summed E-state index contributed by atoms with van der Waals surface area (Å²) in [7, 11) is 0. The van der Waals surface area contributed by atoms with Gasteiger partial charge in [-0.3, -0.25) is 0 Å². The van der Waals surface area contributed by atoms with Gasteiger partial charge >= 0.3 is 12.1 Å². The van der Waals surface area contributed by atoms with Crippen molar-refractivity contribution in [2.24, 2.45) is 0 Å². The molecule has 0 bridgehead atoms. The summed E-state index contributed by atoms with van der Waals surface area (Å²) in [6, 6.07) is 5.66. The van der Waals surface area contributed by atoms with Crippen LogP contribution in [0.5, 0.6) is 0 Å². The zero-order chi connectivity index (χ0) is 14.9. The van der Waals surface area contributed by atoms with Crippen LogP contribution in [0.2, 0.25) is 0 Å². The van der Waals surface area contributed by atoms with E-state index in [2.05, 4.69) is 4.98 Å². The molecule has 0 atom stereocenters. The van der Waals surface area contributed by atoms with Gasteiger partial charge in [0.25, 0.3) is 0 Å². The third-order valence-corrected chi connectivity index (χ3v) is 2.67. The molecule has 0 saturated carbocycles. The molecule has 1 aromatic carbocycles. The number of nitrogens with two attached hydrogens (primary N) is 1. The Hall–Kier alpha value is -2.57. The Morgan fingerprint density at radius 2 is 1.95 bits per heavy atom. The minimum absolute atomic E-state index is 0.0330. The molecule has 0 aliphatic carbocycles. The first-order valence-corrected chi connectivity index (χ1v) is 5.45. The lowest BCUT2D eigenvalue weighted by atomic mass is 10.0. The standard InChI is InChI=1S/C13H9F3N2O2/c14-13(15,16)9-3-1-2-7(4-9)10-5-8(12(19)20)6-18-11(10)17/h1-6H,(H2,17,18)(H,19,20). The number of aromatic carboxylic acids is 1. The van der Waals surface area contributed by atoms with Crippen molar-refractivity contribution in [3.63, 3.8) is 0 Å². The van der Waals surface area contributed by atoms with E-state index in [1.54, 1.807) is 0 Å². The van der Waals surface area contributed by atoms with Crippen LogP contribution in [0.1, 0.15) is 15.9 Å². The van der Waals surface area contributed by atoms with E-state index in [-0.39, 0.29) is 22.5 Å². The molecule has 0 radical (unpaired) electrons. The second kappa shape index (κ2) is 4.84. The first-order valence-electron chi connectivity index (χ1n) is 5.45. The summed E-state index contributed by atoms with van der Waals surface area (Å²) in [6.45, 7) is 0. The van der Waals surface area contributed by atoms with Crippen molar-refractivity contribution in [2.75, 3.05) is 5.73 Å². The van der Waals surface area contributed by atoms with Gasteiger partial charge in [0.05, 0.1) is 11.1 Å². The zero-order valence-corrected chi connectivity index (χ0v) is 9.98. The highest BCUT2D eigenvalue weighted by molar-refractivity contribution is 5.90. The number of nitrogen functional groups attached to an aromatic ring is 1. The van der Waals surface area contributed by atoms with E-state index < -0.39 is 17.7 Å². The van der Waals surface area contributed by atoms with E-state index in [1.165, 1.54) is 18.2 Å². The van der Waals surface area contributed by atoms with Crippen LogP contribution in [0, 0.1) is 0 Å². The minimum Gasteiger partial charge on any atom is -0.478 e. The third-order valence-electron chi connectivity index (χ3n) is 2.67. The number of rotatable bonds is 2. The van der Waals surface area contributed by atoms with E-state index in [4.69, 9.17) is 10.8 Å². The molecule has 0 unspecified atom stereocenters. The van der Waals surface area contributed by atoms with Gasteiger partial charge in [0.1, 0.15) is 5.82 Å². The van der Waals surface area contributed by atoms with Crippen molar-refractivity contribution >= 4 is 11.8 Å². The summed E-state index contributed by atoms with van der Waals surface area (Å²) < 4.78 is 38.0. The highest BCUT2D eigenvalue weighted by Crippen LogP contribution is 2.33. The van der Waals surface area contributed by atoms with Gasteiger partial charge in [-0.15, -0.1) is 0 Å². The highest BCUT2D eigenvalue weighted by atomic mass is 19.4. The Bertz CT molecular complexity index is 669. The molecular formula is C13H9F3N2O2. The number of aromatic nitrogens is 1. The number of carboxylic acids is 1. The topological polar surface area (TPSA) is 76.2 Å². The number of anilines is 1. The summed E-state index contributed by atoms with van der Waals surface area (Å²) in [5.74, 6) is -1.26. The Balaban J connectivity index is 2.57. The Morgan fingerprint density at radius 3 is 2.55 bits per heavy atom. The predicted octanol–water partition coefficient (Wildman–Crippen LogP) is 3.05. The van der Waals surface area contributed by atoms with Gasteiger partial charge in [0.2, 0.25) is 0 Å².